The summed E-state index contributed by atoms with van der Waals surface area (Å²) >= 11 is 0. The lowest BCUT2D eigenvalue weighted by atomic mass is 9.96. The lowest BCUT2D eigenvalue weighted by molar-refractivity contribution is 0.0866. The van der Waals surface area contributed by atoms with Crippen molar-refractivity contribution in [2.45, 2.75) is 44.1 Å². The number of carbonyl (C=O) groups is 1. The normalized spacial score (nSPS) is 16.3. The van der Waals surface area contributed by atoms with Gasteiger partial charge in [-0.3, -0.25) is 8.80 Å². The van der Waals surface area contributed by atoms with Gasteiger partial charge in [0.05, 0.1) is 23.4 Å². The van der Waals surface area contributed by atoms with E-state index in [9.17, 15) is 4.79 Å². The summed E-state index contributed by atoms with van der Waals surface area (Å²) in [6.45, 7) is 3.71. The van der Waals surface area contributed by atoms with Crippen LogP contribution in [-0.4, -0.2) is 86.3 Å². The summed E-state index contributed by atoms with van der Waals surface area (Å²) in [7, 11) is 0. The Kier molecular flexibility index (Phi) is 7.46. The molecule has 0 atom stereocenters. The van der Waals surface area contributed by atoms with Gasteiger partial charge >= 0.3 is 6.09 Å². The predicted molar refractivity (Wildman–Crippen MR) is 170 cm³/mol. The van der Waals surface area contributed by atoms with Gasteiger partial charge in [0.1, 0.15) is 18.3 Å². The van der Waals surface area contributed by atoms with Crippen LogP contribution in [0.2, 0.25) is 0 Å². The van der Waals surface area contributed by atoms with Crippen molar-refractivity contribution in [3.8, 4) is 0 Å². The Balaban J connectivity index is 0.000000149. The van der Waals surface area contributed by atoms with E-state index >= 15 is 0 Å². The maximum Gasteiger partial charge on any atom is 0.410 e. The zero-order chi connectivity index (χ0) is 30.9. The van der Waals surface area contributed by atoms with Gasteiger partial charge in [-0.1, -0.05) is 30.3 Å². The van der Waals surface area contributed by atoms with Crippen molar-refractivity contribution in [3.05, 3.63) is 84.5 Å². The van der Waals surface area contributed by atoms with Crippen LogP contribution in [0, 0.1) is 0 Å². The SMILES string of the molecule is O=C(OCc1ccccc1)N1CCC(c2nnc3cnc4[nH]ccc4n23)CC1.c1cc2c(ncc3nnc(C4CCNCC4)n32)[nH]1. The van der Waals surface area contributed by atoms with E-state index < -0.39 is 0 Å². The van der Waals surface area contributed by atoms with Gasteiger partial charge < -0.3 is 24.9 Å². The van der Waals surface area contributed by atoms with E-state index in [0.717, 1.165) is 89.6 Å². The van der Waals surface area contributed by atoms with Crippen molar-refractivity contribution < 1.29 is 9.53 Å². The molecule has 234 valence electrons. The highest BCUT2D eigenvalue weighted by molar-refractivity contribution is 5.75. The smallest absolute Gasteiger partial charge is 0.410 e. The number of ether oxygens (including phenoxy) is 1. The van der Waals surface area contributed by atoms with Crippen LogP contribution in [0.5, 0.6) is 0 Å². The van der Waals surface area contributed by atoms with Crippen LogP contribution in [0.1, 0.15) is 54.7 Å². The van der Waals surface area contributed by atoms with Gasteiger partial charge in [0.2, 0.25) is 0 Å². The number of aromatic amines is 2. The first-order chi connectivity index (χ1) is 22.7. The van der Waals surface area contributed by atoms with E-state index in [2.05, 4.69) is 54.4 Å². The van der Waals surface area contributed by atoms with Gasteiger partial charge in [0.15, 0.2) is 22.6 Å². The number of benzene rings is 1. The number of fused-ring (bicyclic) bond motifs is 6. The lowest BCUT2D eigenvalue weighted by Gasteiger charge is -2.30. The molecule has 2 aliphatic heterocycles. The van der Waals surface area contributed by atoms with Gasteiger partial charge in [-0.15, -0.1) is 20.4 Å². The zero-order valence-corrected chi connectivity index (χ0v) is 25.2. The zero-order valence-electron chi connectivity index (χ0n) is 25.2. The van der Waals surface area contributed by atoms with Crippen LogP contribution in [0.15, 0.2) is 67.3 Å². The number of piperidine rings is 2. The quantitative estimate of drug-likeness (QED) is 0.263. The van der Waals surface area contributed by atoms with Crippen molar-refractivity contribution >= 4 is 39.7 Å². The van der Waals surface area contributed by atoms with E-state index in [1.54, 1.807) is 17.3 Å². The van der Waals surface area contributed by atoms with E-state index in [1.165, 1.54) is 0 Å². The molecule has 0 saturated carbocycles. The number of hydrogen-bond acceptors (Lipinski definition) is 9. The molecule has 0 radical (unpaired) electrons. The van der Waals surface area contributed by atoms with Crippen LogP contribution in [-0.2, 0) is 11.3 Å². The van der Waals surface area contributed by atoms with Crippen molar-refractivity contribution in [2.75, 3.05) is 26.2 Å². The minimum absolute atomic E-state index is 0.244. The molecule has 8 heterocycles. The summed E-state index contributed by atoms with van der Waals surface area (Å²) in [6, 6.07) is 13.7. The van der Waals surface area contributed by atoms with E-state index in [-0.39, 0.29) is 12.0 Å². The largest absolute Gasteiger partial charge is 0.445 e. The molecule has 0 spiro atoms. The predicted octanol–water partition coefficient (Wildman–Crippen LogP) is 4.19. The Morgan fingerprint density at radius 1 is 0.739 bits per heavy atom. The molecule has 7 aromatic rings. The molecule has 1 aromatic carbocycles. The number of hydrogen-bond donors (Lipinski definition) is 3. The third-order valence-corrected chi connectivity index (χ3v) is 8.96. The topological polar surface area (TPSA) is 159 Å². The van der Waals surface area contributed by atoms with E-state index in [0.29, 0.717) is 25.6 Å². The summed E-state index contributed by atoms with van der Waals surface area (Å²) in [5, 5.41) is 20.7. The Labute approximate surface area is 263 Å². The molecular formula is C32H34N12O2. The van der Waals surface area contributed by atoms with E-state index in [1.807, 2.05) is 54.9 Å². The molecule has 2 fully saturated rings. The summed E-state index contributed by atoms with van der Waals surface area (Å²) in [4.78, 5) is 29.1. The summed E-state index contributed by atoms with van der Waals surface area (Å²) in [5.41, 5.74) is 6.30. The second kappa shape index (κ2) is 12.2. The minimum atomic E-state index is -0.259. The number of rotatable bonds is 4. The summed E-state index contributed by atoms with van der Waals surface area (Å²) in [5.74, 6) is 2.73. The Morgan fingerprint density at radius 2 is 1.30 bits per heavy atom. The molecule has 6 aromatic heterocycles. The maximum absolute atomic E-state index is 12.4. The Morgan fingerprint density at radius 3 is 1.89 bits per heavy atom. The van der Waals surface area contributed by atoms with Crippen LogP contribution in [0.25, 0.3) is 33.6 Å². The molecule has 14 nitrogen and oxygen atoms in total. The fourth-order valence-corrected chi connectivity index (χ4v) is 6.54. The number of likely N-dealkylation sites (tertiary alicyclic amines) is 1. The number of aromatic nitrogens is 10. The van der Waals surface area contributed by atoms with E-state index in [4.69, 9.17) is 4.74 Å². The van der Waals surface area contributed by atoms with Crippen molar-refractivity contribution in [2.24, 2.45) is 0 Å². The maximum atomic E-state index is 12.4. The fraction of sp³-hybridized carbons (Fsp3) is 0.344. The summed E-state index contributed by atoms with van der Waals surface area (Å²) in [6.07, 6.45) is 10.9. The molecule has 14 heteroatoms. The number of carbonyl (C=O) groups excluding carboxylic acids is 1. The standard InChI is InChI=1S/C20H20N6O2.C12H14N6/c27-20(28-13-14-4-2-1-3-5-14)25-10-7-15(8-11-25)19-24-23-17-12-22-18-16(26(17)19)6-9-21-18;1-4-13-5-2-8(1)12-17-16-10-7-15-11-9(18(10)12)3-6-14-11/h1-6,9,12,15,21H,7-8,10-11,13H2;3,6-8,13-14H,1-2,4-5H2. The van der Waals surface area contributed by atoms with Gasteiger partial charge in [-0.25, -0.2) is 14.8 Å². The van der Waals surface area contributed by atoms with Gasteiger partial charge in [-0.05, 0) is 56.5 Å². The average molecular weight is 619 g/mol. The number of H-pyrrole nitrogens is 2. The lowest BCUT2D eigenvalue weighted by Crippen LogP contribution is -2.38. The minimum Gasteiger partial charge on any atom is -0.445 e. The van der Waals surface area contributed by atoms with Crippen molar-refractivity contribution in [1.82, 2.24) is 59.3 Å². The molecule has 2 saturated heterocycles. The first-order valence-electron chi connectivity index (χ1n) is 15.7. The molecular weight excluding hydrogens is 584 g/mol. The first-order valence-corrected chi connectivity index (χ1v) is 15.7. The molecule has 3 N–H and O–H groups in total. The number of amides is 1. The van der Waals surface area contributed by atoms with Crippen LogP contribution in [0.3, 0.4) is 0 Å². The monoisotopic (exact) mass is 618 g/mol. The molecule has 9 rings (SSSR count). The highest BCUT2D eigenvalue weighted by Crippen LogP contribution is 2.29. The highest BCUT2D eigenvalue weighted by Gasteiger charge is 2.28. The first kappa shape index (κ1) is 28.1. The summed E-state index contributed by atoms with van der Waals surface area (Å²) < 4.78 is 9.65. The van der Waals surface area contributed by atoms with Crippen molar-refractivity contribution in [3.63, 3.8) is 0 Å². The van der Waals surface area contributed by atoms with Crippen LogP contribution >= 0.6 is 0 Å². The van der Waals surface area contributed by atoms with Gasteiger partial charge in [0.25, 0.3) is 0 Å². The highest BCUT2D eigenvalue weighted by atomic mass is 16.6. The molecule has 0 unspecified atom stereocenters. The molecule has 0 bridgehead atoms. The van der Waals surface area contributed by atoms with Crippen molar-refractivity contribution in [1.29, 1.82) is 0 Å². The molecule has 46 heavy (non-hydrogen) atoms. The fourth-order valence-electron chi connectivity index (χ4n) is 6.54. The average Bonchev–Trinajstić information content (AvgIpc) is 3.93. The number of nitrogens with zero attached hydrogens (tertiary/aromatic N) is 9. The van der Waals surface area contributed by atoms with Crippen LogP contribution in [0.4, 0.5) is 4.79 Å². The van der Waals surface area contributed by atoms with Crippen LogP contribution < -0.4 is 5.32 Å². The molecule has 0 aliphatic carbocycles. The second-order valence-corrected chi connectivity index (χ2v) is 11.8. The van der Waals surface area contributed by atoms with Gasteiger partial charge in [-0.2, -0.15) is 0 Å². The van der Waals surface area contributed by atoms with Gasteiger partial charge in [0, 0.05) is 37.3 Å². The molecule has 2 aliphatic rings. The Hall–Kier alpha value is -5.37. The molecule has 1 amide bonds. The third-order valence-electron chi connectivity index (χ3n) is 8.96. The second-order valence-electron chi connectivity index (χ2n) is 11.8. The Bertz CT molecular complexity index is 2100. The number of nitrogens with one attached hydrogen (secondary N) is 3. The third kappa shape index (κ3) is 5.30.